The van der Waals surface area contributed by atoms with Crippen LogP contribution in [0.3, 0.4) is 0 Å². The predicted molar refractivity (Wildman–Crippen MR) is 52.9 cm³/mol. The Labute approximate surface area is 81.8 Å². The van der Waals surface area contributed by atoms with Crippen LogP contribution in [0.1, 0.15) is 28.8 Å². The molecule has 0 saturated carbocycles. The van der Waals surface area contributed by atoms with Gasteiger partial charge in [0.2, 0.25) is 0 Å². The molecule has 0 saturated heterocycles. The molecule has 0 aromatic carbocycles. The lowest BCUT2D eigenvalue weighted by Gasteiger charge is -2.04. The maximum Gasteiger partial charge on any atom is 0.0508 e. The number of halogens is 1. The molecule has 0 radical (unpaired) electrons. The van der Waals surface area contributed by atoms with Gasteiger partial charge >= 0.3 is 0 Å². The zero-order valence-electron chi connectivity index (χ0n) is 6.56. The monoisotopic (exact) mass is 205 g/mol. The van der Waals surface area contributed by atoms with E-state index in [2.05, 4.69) is 6.07 Å². The molecule has 1 aliphatic carbocycles. The first-order valence-corrected chi connectivity index (χ1v) is 4.64. The molecule has 4 heteroatoms. The van der Waals surface area contributed by atoms with E-state index in [1.807, 2.05) is 5.38 Å². The minimum absolute atomic E-state index is 0. The van der Waals surface area contributed by atoms with Gasteiger partial charge in [0.15, 0.2) is 0 Å². The number of rotatable bonds is 1. The van der Waals surface area contributed by atoms with Gasteiger partial charge in [-0.1, -0.05) is 0 Å². The first-order valence-electron chi connectivity index (χ1n) is 3.76. The third-order valence-corrected chi connectivity index (χ3v) is 3.35. The Bertz CT molecular complexity index is 263. The fourth-order valence-electron chi connectivity index (χ4n) is 1.67. The second-order valence-corrected chi connectivity index (χ2v) is 3.91. The number of thiophene rings is 1. The molecule has 68 valence electrons. The maximum atomic E-state index is 9.00. The van der Waals surface area contributed by atoms with Crippen LogP contribution < -0.4 is 5.73 Å². The molecule has 0 bridgehead atoms. The van der Waals surface area contributed by atoms with Crippen LogP contribution in [0.5, 0.6) is 0 Å². The standard InChI is InChI=1S/C8H11NOS.ClH/c9-7-3-5(4-10)8-6(7)1-2-11-8;/h1-2,5,7,10H,3-4,9H2;1H/t5-,7+;/m0./s1. The first kappa shape index (κ1) is 9.99. The minimum Gasteiger partial charge on any atom is -0.396 e. The van der Waals surface area contributed by atoms with E-state index in [9.17, 15) is 0 Å². The van der Waals surface area contributed by atoms with Crippen molar-refractivity contribution in [3.05, 3.63) is 21.9 Å². The minimum atomic E-state index is 0. The van der Waals surface area contributed by atoms with Crippen molar-refractivity contribution in [3.8, 4) is 0 Å². The van der Waals surface area contributed by atoms with Crippen LogP contribution in [0, 0.1) is 0 Å². The highest BCUT2D eigenvalue weighted by atomic mass is 35.5. The summed E-state index contributed by atoms with van der Waals surface area (Å²) in [4.78, 5) is 1.29. The number of hydrogen-bond acceptors (Lipinski definition) is 3. The maximum absolute atomic E-state index is 9.00. The van der Waals surface area contributed by atoms with Gasteiger partial charge in [-0.15, -0.1) is 23.7 Å². The van der Waals surface area contributed by atoms with Crippen LogP contribution in [0.25, 0.3) is 0 Å². The SMILES string of the molecule is Cl.N[C@@H]1C[C@@H](CO)c2sccc21. The third-order valence-electron chi connectivity index (χ3n) is 2.26. The first-order chi connectivity index (χ1) is 5.33. The average molecular weight is 206 g/mol. The van der Waals surface area contributed by atoms with Crippen molar-refractivity contribution in [1.82, 2.24) is 0 Å². The quantitative estimate of drug-likeness (QED) is 0.733. The molecule has 0 amide bonds. The Kier molecular flexibility index (Phi) is 3.12. The third kappa shape index (κ3) is 1.38. The molecule has 1 aliphatic rings. The number of fused-ring (bicyclic) bond motifs is 1. The Morgan fingerprint density at radius 1 is 1.67 bits per heavy atom. The molecule has 1 heterocycles. The van der Waals surface area contributed by atoms with Gasteiger partial charge in [-0.3, -0.25) is 0 Å². The van der Waals surface area contributed by atoms with Gasteiger partial charge in [-0.2, -0.15) is 0 Å². The Balaban J connectivity index is 0.000000720. The van der Waals surface area contributed by atoms with Crippen LogP contribution >= 0.6 is 23.7 Å². The van der Waals surface area contributed by atoms with Gasteiger partial charge in [0, 0.05) is 16.8 Å². The number of hydrogen-bond donors (Lipinski definition) is 2. The summed E-state index contributed by atoms with van der Waals surface area (Å²) in [5, 5.41) is 11.0. The van der Waals surface area contributed by atoms with E-state index in [0.717, 1.165) is 6.42 Å². The predicted octanol–water partition coefficient (Wildman–Crippen LogP) is 1.65. The molecule has 1 aromatic rings. The van der Waals surface area contributed by atoms with Gasteiger partial charge < -0.3 is 10.8 Å². The normalized spacial score (nSPS) is 26.5. The largest absolute Gasteiger partial charge is 0.396 e. The van der Waals surface area contributed by atoms with Crippen molar-refractivity contribution >= 4 is 23.7 Å². The molecule has 0 unspecified atom stereocenters. The zero-order valence-corrected chi connectivity index (χ0v) is 8.20. The topological polar surface area (TPSA) is 46.2 Å². The van der Waals surface area contributed by atoms with E-state index in [1.54, 1.807) is 11.3 Å². The van der Waals surface area contributed by atoms with E-state index < -0.39 is 0 Å². The van der Waals surface area contributed by atoms with Crippen molar-refractivity contribution in [3.63, 3.8) is 0 Å². The summed E-state index contributed by atoms with van der Waals surface area (Å²) in [6.07, 6.45) is 0.915. The number of aliphatic hydroxyl groups excluding tert-OH is 1. The summed E-state index contributed by atoms with van der Waals surface area (Å²) in [5.41, 5.74) is 7.10. The molecule has 1 aromatic heterocycles. The molecule has 0 fully saturated rings. The fraction of sp³-hybridized carbons (Fsp3) is 0.500. The molecule has 12 heavy (non-hydrogen) atoms. The van der Waals surface area contributed by atoms with Gasteiger partial charge in [0.05, 0.1) is 6.61 Å². The van der Waals surface area contributed by atoms with Crippen LogP contribution in [-0.2, 0) is 0 Å². The van der Waals surface area contributed by atoms with Gasteiger partial charge in [0.25, 0.3) is 0 Å². The molecular formula is C8H12ClNOS. The van der Waals surface area contributed by atoms with Gasteiger partial charge in [-0.25, -0.2) is 0 Å². The Morgan fingerprint density at radius 2 is 2.42 bits per heavy atom. The molecule has 0 spiro atoms. The summed E-state index contributed by atoms with van der Waals surface area (Å²) >= 11 is 1.71. The Hall–Kier alpha value is -0.0900. The zero-order chi connectivity index (χ0) is 7.84. The summed E-state index contributed by atoms with van der Waals surface area (Å²) < 4.78 is 0. The summed E-state index contributed by atoms with van der Waals surface area (Å²) in [5.74, 6) is 0.306. The second kappa shape index (κ2) is 3.75. The van der Waals surface area contributed by atoms with Crippen LogP contribution in [0.15, 0.2) is 11.4 Å². The summed E-state index contributed by atoms with van der Waals surface area (Å²) in [6, 6.07) is 2.23. The van der Waals surface area contributed by atoms with Crippen LogP contribution in [-0.4, -0.2) is 11.7 Å². The molecule has 2 rings (SSSR count). The molecular weight excluding hydrogens is 194 g/mol. The van der Waals surface area contributed by atoms with E-state index in [1.165, 1.54) is 10.4 Å². The van der Waals surface area contributed by atoms with E-state index >= 15 is 0 Å². The van der Waals surface area contributed by atoms with E-state index in [0.29, 0.717) is 5.92 Å². The van der Waals surface area contributed by atoms with E-state index in [4.69, 9.17) is 10.8 Å². The highest BCUT2D eigenvalue weighted by Gasteiger charge is 2.28. The van der Waals surface area contributed by atoms with E-state index in [-0.39, 0.29) is 25.1 Å². The highest BCUT2D eigenvalue weighted by molar-refractivity contribution is 7.10. The second-order valence-electron chi connectivity index (χ2n) is 2.96. The summed E-state index contributed by atoms with van der Waals surface area (Å²) in [7, 11) is 0. The number of nitrogens with two attached hydrogens (primary N) is 1. The van der Waals surface area contributed by atoms with Crippen molar-refractivity contribution < 1.29 is 5.11 Å². The Morgan fingerprint density at radius 3 is 3.08 bits per heavy atom. The fourth-order valence-corrected chi connectivity index (χ4v) is 2.75. The smallest absolute Gasteiger partial charge is 0.0508 e. The van der Waals surface area contributed by atoms with Crippen molar-refractivity contribution in [2.24, 2.45) is 5.73 Å². The average Bonchev–Trinajstić information content (AvgIpc) is 2.54. The van der Waals surface area contributed by atoms with Gasteiger partial charge in [0.1, 0.15) is 0 Å². The van der Waals surface area contributed by atoms with Crippen LogP contribution in [0.2, 0.25) is 0 Å². The summed E-state index contributed by atoms with van der Waals surface area (Å²) in [6.45, 7) is 0.237. The lowest BCUT2D eigenvalue weighted by atomic mass is 10.1. The van der Waals surface area contributed by atoms with Crippen molar-refractivity contribution in [2.75, 3.05) is 6.61 Å². The van der Waals surface area contributed by atoms with Crippen LogP contribution in [0.4, 0.5) is 0 Å². The lowest BCUT2D eigenvalue weighted by Crippen LogP contribution is -2.06. The molecule has 3 N–H and O–H groups in total. The lowest BCUT2D eigenvalue weighted by molar-refractivity contribution is 0.263. The molecule has 0 aliphatic heterocycles. The molecule has 2 nitrogen and oxygen atoms in total. The highest BCUT2D eigenvalue weighted by Crippen LogP contribution is 2.41. The molecule has 2 atom stereocenters. The van der Waals surface area contributed by atoms with Crippen molar-refractivity contribution in [2.45, 2.75) is 18.4 Å². The van der Waals surface area contributed by atoms with Gasteiger partial charge in [-0.05, 0) is 23.4 Å². The number of aliphatic hydroxyl groups is 1. The van der Waals surface area contributed by atoms with Crippen molar-refractivity contribution in [1.29, 1.82) is 0 Å².